The molecular formula is C11H16O5. The van der Waals surface area contributed by atoms with Crippen LogP contribution in [0.15, 0.2) is 9.21 Å². The first kappa shape index (κ1) is 12.7. The van der Waals surface area contributed by atoms with Gasteiger partial charge in [0.2, 0.25) is 0 Å². The summed E-state index contributed by atoms with van der Waals surface area (Å²) in [5.74, 6) is 0.155. The zero-order valence-electron chi connectivity index (χ0n) is 9.61. The Balaban J connectivity index is 3.47. The van der Waals surface area contributed by atoms with Gasteiger partial charge in [-0.25, -0.2) is 0 Å². The van der Waals surface area contributed by atoms with Gasteiger partial charge in [-0.05, 0) is 13.3 Å². The molecule has 0 amide bonds. The van der Waals surface area contributed by atoms with Crippen LogP contribution in [0.1, 0.15) is 29.9 Å². The molecular weight excluding hydrogens is 212 g/mol. The Morgan fingerprint density at radius 1 is 1.50 bits per heavy atom. The molecule has 0 bridgehead atoms. The van der Waals surface area contributed by atoms with Gasteiger partial charge in [0.1, 0.15) is 11.9 Å². The lowest BCUT2D eigenvalue weighted by atomic mass is 10.1. The van der Waals surface area contributed by atoms with Crippen LogP contribution in [-0.2, 0) is 6.42 Å². The average Bonchev–Trinajstić information content (AvgIpc) is 2.31. The summed E-state index contributed by atoms with van der Waals surface area (Å²) >= 11 is 0. The molecule has 0 aromatic carbocycles. The van der Waals surface area contributed by atoms with Crippen molar-refractivity contribution in [2.24, 2.45) is 0 Å². The van der Waals surface area contributed by atoms with E-state index in [9.17, 15) is 9.90 Å². The maximum atomic E-state index is 11.9. The summed E-state index contributed by atoms with van der Waals surface area (Å²) in [6, 6.07) is 0. The van der Waals surface area contributed by atoms with Crippen molar-refractivity contribution < 1.29 is 19.4 Å². The second kappa shape index (κ2) is 5.14. The Labute approximate surface area is 93.3 Å². The van der Waals surface area contributed by atoms with E-state index in [4.69, 9.17) is 14.3 Å². The molecule has 1 unspecified atom stereocenters. The Morgan fingerprint density at radius 2 is 2.12 bits per heavy atom. The van der Waals surface area contributed by atoms with Gasteiger partial charge in [0, 0.05) is 5.56 Å². The smallest absolute Gasteiger partial charge is 0.291 e. The predicted molar refractivity (Wildman–Crippen MR) is 57.7 cm³/mol. The minimum atomic E-state index is -1.20. The topological polar surface area (TPSA) is 79.9 Å². The fourth-order valence-corrected chi connectivity index (χ4v) is 1.55. The van der Waals surface area contributed by atoms with Crippen LogP contribution >= 0.6 is 0 Å². The summed E-state index contributed by atoms with van der Waals surface area (Å²) < 4.78 is 10.2. The number of aliphatic hydroxyl groups is 2. The zero-order chi connectivity index (χ0) is 12.3. The molecule has 2 N–H and O–H groups in total. The molecule has 90 valence electrons. The van der Waals surface area contributed by atoms with Crippen molar-refractivity contribution in [3.8, 4) is 5.95 Å². The van der Waals surface area contributed by atoms with Crippen molar-refractivity contribution in [1.82, 2.24) is 0 Å². The number of aliphatic hydroxyl groups excluding tert-OH is 2. The van der Waals surface area contributed by atoms with E-state index < -0.39 is 12.7 Å². The molecule has 1 rings (SSSR count). The highest BCUT2D eigenvalue weighted by Gasteiger charge is 2.20. The van der Waals surface area contributed by atoms with E-state index in [0.29, 0.717) is 17.5 Å². The fourth-order valence-electron chi connectivity index (χ4n) is 1.55. The first-order valence-corrected chi connectivity index (χ1v) is 5.06. The van der Waals surface area contributed by atoms with Crippen LogP contribution in [0.25, 0.3) is 0 Å². The highest BCUT2D eigenvalue weighted by molar-refractivity contribution is 5.31. The van der Waals surface area contributed by atoms with E-state index in [1.165, 1.54) is 7.11 Å². The van der Waals surface area contributed by atoms with Gasteiger partial charge in [0.05, 0.1) is 19.3 Å². The van der Waals surface area contributed by atoms with Gasteiger partial charge < -0.3 is 19.4 Å². The van der Waals surface area contributed by atoms with E-state index in [0.717, 1.165) is 0 Å². The van der Waals surface area contributed by atoms with Crippen LogP contribution in [-0.4, -0.2) is 23.9 Å². The number of methoxy groups -OCH3 is 1. The van der Waals surface area contributed by atoms with Gasteiger partial charge in [-0.3, -0.25) is 4.79 Å². The van der Waals surface area contributed by atoms with Gasteiger partial charge in [-0.15, -0.1) is 0 Å². The summed E-state index contributed by atoms with van der Waals surface area (Å²) in [5, 5.41) is 18.4. The van der Waals surface area contributed by atoms with Crippen LogP contribution in [0.3, 0.4) is 0 Å². The Hall–Kier alpha value is -1.33. The zero-order valence-corrected chi connectivity index (χ0v) is 9.61. The lowest BCUT2D eigenvalue weighted by Crippen LogP contribution is -2.18. The molecule has 0 aliphatic heterocycles. The lowest BCUT2D eigenvalue weighted by Gasteiger charge is -2.13. The summed E-state index contributed by atoms with van der Waals surface area (Å²) in [6.07, 6.45) is -0.767. The van der Waals surface area contributed by atoms with Gasteiger partial charge >= 0.3 is 0 Å². The van der Waals surface area contributed by atoms with Crippen LogP contribution < -0.4 is 10.2 Å². The molecule has 0 spiro atoms. The SMILES string of the molecule is CCc1c(C(O)CO)oc(OC)c(C)c1=O. The maximum absolute atomic E-state index is 11.9. The molecule has 5 nitrogen and oxygen atoms in total. The van der Waals surface area contributed by atoms with Crippen LogP contribution in [0, 0.1) is 6.92 Å². The molecule has 5 heteroatoms. The van der Waals surface area contributed by atoms with Crippen LogP contribution in [0.5, 0.6) is 5.95 Å². The summed E-state index contributed by atoms with van der Waals surface area (Å²) in [4.78, 5) is 11.9. The molecule has 0 aliphatic rings. The Kier molecular flexibility index (Phi) is 4.09. The van der Waals surface area contributed by atoms with Gasteiger partial charge in [-0.1, -0.05) is 6.92 Å². The molecule has 1 heterocycles. The van der Waals surface area contributed by atoms with Crippen LogP contribution in [0.4, 0.5) is 0 Å². The second-order valence-corrected chi connectivity index (χ2v) is 3.44. The number of hydrogen-bond donors (Lipinski definition) is 2. The van der Waals surface area contributed by atoms with E-state index >= 15 is 0 Å². The summed E-state index contributed by atoms with van der Waals surface area (Å²) in [5.41, 5.74) is 0.529. The molecule has 0 aliphatic carbocycles. The standard InChI is InChI=1S/C11H16O5/c1-4-7-9(14)6(2)11(15-3)16-10(7)8(13)5-12/h8,12-13H,4-5H2,1-3H3. The molecule has 0 radical (unpaired) electrons. The molecule has 0 saturated carbocycles. The number of rotatable bonds is 4. The van der Waals surface area contributed by atoms with E-state index in [1.54, 1.807) is 13.8 Å². The first-order chi connectivity index (χ1) is 7.56. The molecule has 0 saturated heterocycles. The van der Waals surface area contributed by atoms with E-state index in [2.05, 4.69) is 0 Å². The normalized spacial score (nSPS) is 12.6. The second-order valence-electron chi connectivity index (χ2n) is 3.44. The highest BCUT2D eigenvalue weighted by Crippen LogP contribution is 2.23. The molecule has 1 aromatic rings. The minimum Gasteiger partial charge on any atom is -0.468 e. The van der Waals surface area contributed by atoms with Crippen molar-refractivity contribution in [3.05, 3.63) is 27.1 Å². The lowest BCUT2D eigenvalue weighted by molar-refractivity contribution is 0.0704. The monoisotopic (exact) mass is 228 g/mol. The molecule has 0 fully saturated rings. The predicted octanol–water partition coefficient (Wildman–Crippen LogP) is 0.545. The van der Waals surface area contributed by atoms with Gasteiger partial charge in [0.25, 0.3) is 5.95 Å². The third-order valence-electron chi connectivity index (χ3n) is 2.44. The van der Waals surface area contributed by atoms with Gasteiger partial charge in [0.15, 0.2) is 5.43 Å². The third kappa shape index (κ3) is 2.10. The van der Waals surface area contributed by atoms with Crippen molar-refractivity contribution in [2.45, 2.75) is 26.4 Å². The number of ether oxygens (including phenoxy) is 1. The van der Waals surface area contributed by atoms with E-state index in [-0.39, 0.29) is 17.1 Å². The van der Waals surface area contributed by atoms with Gasteiger partial charge in [-0.2, -0.15) is 0 Å². The Morgan fingerprint density at radius 3 is 2.56 bits per heavy atom. The van der Waals surface area contributed by atoms with Crippen molar-refractivity contribution >= 4 is 0 Å². The molecule has 1 atom stereocenters. The van der Waals surface area contributed by atoms with Crippen molar-refractivity contribution in [2.75, 3.05) is 13.7 Å². The fraction of sp³-hybridized carbons (Fsp3) is 0.545. The average molecular weight is 228 g/mol. The Bertz CT molecular complexity index is 421. The largest absolute Gasteiger partial charge is 0.468 e. The third-order valence-corrected chi connectivity index (χ3v) is 2.44. The molecule has 16 heavy (non-hydrogen) atoms. The quantitative estimate of drug-likeness (QED) is 0.786. The van der Waals surface area contributed by atoms with Crippen LogP contribution in [0.2, 0.25) is 0 Å². The molecule has 1 aromatic heterocycles. The maximum Gasteiger partial charge on any atom is 0.291 e. The van der Waals surface area contributed by atoms with Crippen molar-refractivity contribution in [1.29, 1.82) is 0 Å². The summed E-state index contributed by atoms with van der Waals surface area (Å²) in [7, 11) is 1.38. The van der Waals surface area contributed by atoms with Crippen molar-refractivity contribution in [3.63, 3.8) is 0 Å². The minimum absolute atomic E-state index is 0.0738. The summed E-state index contributed by atoms with van der Waals surface area (Å²) in [6.45, 7) is 2.88. The highest BCUT2D eigenvalue weighted by atomic mass is 16.6. The van der Waals surface area contributed by atoms with E-state index in [1.807, 2.05) is 0 Å². The first-order valence-electron chi connectivity index (χ1n) is 5.06. The number of hydrogen-bond acceptors (Lipinski definition) is 5.